The van der Waals surface area contributed by atoms with Crippen molar-refractivity contribution >= 4 is 39.4 Å². The first-order chi connectivity index (χ1) is 10.7. The lowest BCUT2D eigenvalue weighted by Crippen LogP contribution is -2.49. The van der Waals surface area contributed by atoms with Gasteiger partial charge in [-0.1, -0.05) is 0 Å². The van der Waals surface area contributed by atoms with Crippen LogP contribution in [0.2, 0.25) is 5.28 Å². The number of halogens is 2. The summed E-state index contributed by atoms with van der Waals surface area (Å²) < 4.78 is 11.8. The van der Waals surface area contributed by atoms with Crippen LogP contribution in [0.5, 0.6) is 0 Å². The van der Waals surface area contributed by atoms with E-state index in [0.717, 1.165) is 0 Å². The summed E-state index contributed by atoms with van der Waals surface area (Å²) in [4.78, 5) is 21.7. The van der Waals surface area contributed by atoms with Crippen molar-refractivity contribution in [1.82, 2.24) is 14.9 Å². The molecule has 0 spiro atoms. The molecule has 0 aliphatic carbocycles. The van der Waals surface area contributed by atoms with Gasteiger partial charge in [-0.3, -0.25) is 0 Å². The summed E-state index contributed by atoms with van der Waals surface area (Å²) in [6.45, 7) is 7.48. The van der Waals surface area contributed by atoms with E-state index in [4.69, 9.17) is 21.1 Å². The molecule has 1 amide bonds. The summed E-state index contributed by atoms with van der Waals surface area (Å²) in [6, 6.07) is 0. The SMILES string of the molecule is CC(C)(C)OC(=O)N1CCOC(CNc2nc(Cl)ncc2Br)C1. The molecular formula is C14H20BrClN4O3. The Morgan fingerprint density at radius 1 is 1.61 bits per heavy atom. The summed E-state index contributed by atoms with van der Waals surface area (Å²) in [5.41, 5.74) is -0.508. The van der Waals surface area contributed by atoms with Crippen molar-refractivity contribution in [3.8, 4) is 0 Å². The van der Waals surface area contributed by atoms with Gasteiger partial charge in [-0.2, -0.15) is 4.98 Å². The number of carbonyl (C=O) groups excluding carboxylic acids is 1. The molecule has 1 aromatic heterocycles. The standard InChI is InChI=1S/C14H20BrClN4O3/c1-14(2,3)23-13(21)20-4-5-22-9(8-20)6-17-11-10(15)7-18-12(16)19-11/h7,9H,4-6,8H2,1-3H3,(H,17,18,19). The molecule has 1 aromatic rings. The smallest absolute Gasteiger partial charge is 0.410 e. The van der Waals surface area contributed by atoms with E-state index in [1.54, 1.807) is 11.1 Å². The third-order valence-electron chi connectivity index (χ3n) is 3.00. The number of aromatic nitrogens is 2. The maximum absolute atomic E-state index is 12.1. The molecule has 1 fully saturated rings. The number of anilines is 1. The van der Waals surface area contributed by atoms with Gasteiger partial charge >= 0.3 is 6.09 Å². The Hall–Kier alpha value is -1.12. The Balaban J connectivity index is 1.89. The summed E-state index contributed by atoms with van der Waals surface area (Å²) in [6.07, 6.45) is 1.10. The number of rotatable bonds is 3. The average Bonchev–Trinajstić information content (AvgIpc) is 2.47. The van der Waals surface area contributed by atoms with Crippen molar-refractivity contribution in [3.05, 3.63) is 16.0 Å². The van der Waals surface area contributed by atoms with Crippen LogP contribution in [0.15, 0.2) is 10.7 Å². The van der Waals surface area contributed by atoms with Gasteiger partial charge in [0.2, 0.25) is 5.28 Å². The zero-order valence-corrected chi connectivity index (χ0v) is 15.6. The second kappa shape index (κ2) is 7.63. The molecule has 1 N–H and O–H groups in total. The molecule has 0 saturated carbocycles. The molecule has 128 valence electrons. The van der Waals surface area contributed by atoms with E-state index in [0.29, 0.717) is 36.5 Å². The number of hydrogen-bond donors (Lipinski definition) is 1. The van der Waals surface area contributed by atoms with Gasteiger partial charge in [-0.15, -0.1) is 0 Å². The first-order valence-corrected chi connectivity index (χ1v) is 8.43. The van der Waals surface area contributed by atoms with E-state index in [-0.39, 0.29) is 17.5 Å². The van der Waals surface area contributed by atoms with Crippen molar-refractivity contribution in [3.63, 3.8) is 0 Å². The van der Waals surface area contributed by atoms with Crippen LogP contribution in [0.1, 0.15) is 20.8 Å². The average molecular weight is 408 g/mol. The van der Waals surface area contributed by atoms with Crippen LogP contribution in [0, 0.1) is 0 Å². The molecule has 0 radical (unpaired) electrons. The van der Waals surface area contributed by atoms with E-state index in [1.807, 2.05) is 20.8 Å². The highest BCUT2D eigenvalue weighted by Gasteiger charge is 2.28. The molecule has 1 aliphatic rings. The van der Waals surface area contributed by atoms with Crippen LogP contribution in [0.4, 0.5) is 10.6 Å². The van der Waals surface area contributed by atoms with Gasteiger partial charge in [0.15, 0.2) is 0 Å². The van der Waals surface area contributed by atoms with Gasteiger partial charge < -0.3 is 19.7 Å². The number of hydrogen-bond acceptors (Lipinski definition) is 6. The summed E-state index contributed by atoms with van der Waals surface area (Å²) in [7, 11) is 0. The fourth-order valence-corrected chi connectivity index (χ4v) is 2.48. The summed E-state index contributed by atoms with van der Waals surface area (Å²) in [5, 5.41) is 3.31. The van der Waals surface area contributed by atoms with Crippen molar-refractivity contribution in [2.24, 2.45) is 0 Å². The molecule has 1 atom stereocenters. The zero-order valence-electron chi connectivity index (χ0n) is 13.3. The van der Waals surface area contributed by atoms with Gasteiger partial charge in [0, 0.05) is 19.3 Å². The largest absolute Gasteiger partial charge is 0.444 e. The van der Waals surface area contributed by atoms with Gasteiger partial charge in [-0.05, 0) is 48.3 Å². The molecular weight excluding hydrogens is 388 g/mol. The maximum atomic E-state index is 12.1. The van der Waals surface area contributed by atoms with E-state index in [1.165, 1.54) is 0 Å². The van der Waals surface area contributed by atoms with Crippen molar-refractivity contribution < 1.29 is 14.3 Å². The topological polar surface area (TPSA) is 76.6 Å². The van der Waals surface area contributed by atoms with Crippen LogP contribution in [-0.2, 0) is 9.47 Å². The van der Waals surface area contributed by atoms with Crippen LogP contribution in [0.25, 0.3) is 0 Å². The first kappa shape index (κ1) is 18.2. The Morgan fingerprint density at radius 2 is 2.35 bits per heavy atom. The number of nitrogens with zero attached hydrogens (tertiary/aromatic N) is 3. The third kappa shape index (κ3) is 5.78. The van der Waals surface area contributed by atoms with Gasteiger partial charge in [0.05, 0.1) is 23.7 Å². The minimum atomic E-state index is -0.508. The fraction of sp³-hybridized carbons (Fsp3) is 0.643. The fourth-order valence-electron chi connectivity index (χ4n) is 2.02. The van der Waals surface area contributed by atoms with Crippen LogP contribution < -0.4 is 5.32 Å². The third-order valence-corrected chi connectivity index (χ3v) is 3.76. The molecule has 23 heavy (non-hydrogen) atoms. The van der Waals surface area contributed by atoms with Crippen molar-refractivity contribution in [2.45, 2.75) is 32.5 Å². The minimum absolute atomic E-state index is 0.156. The lowest BCUT2D eigenvalue weighted by atomic mass is 10.2. The summed E-state index contributed by atoms with van der Waals surface area (Å²) in [5.74, 6) is 0.586. The van der Waals surface area contributed by atoms with Gasteiger partial charge in [-0.25, -0.2) is 9.78 Å². The first-order valence-electron chi connectivity index (χ1n) is 7.26. The van der Waals surface area contributed by atoms with E-state index in [2.05, 4.69) is 31.2 Å². The van der Waals surface area contributed by atoms with Crippen molar-refractivity contribution in [1.29, 1.82) is 0 Å². The predicted molar refractivity (Wildman–Crippen MR) is 90.8 cm³/mol. The molecule has 2 rings (SSSR count). The van der Waals surface area contributed by atoms with Crippen LogP contribution >= 0.6 is 27.5 Å². The quantitative estimate of drug-likeness (QED) is 0.776. The normalized spacial score (nSPS) is 18.7. The molecule has 2 heterocycles. The number of morpholine rings is 1. The second-order valence-corrected chi connectivity index (χ2v) is 7.33. The van der Waals surface area contributed by atoms with E-state index >= 15 is 0 Å². The molecule has 1 aliphatic heterocycles. The number of carbonyl (C=O) groups is 1. The van der Waals surface area contributed by atoms with Crippen molar-refractivity contribution in [2.75, 3.05) is 31.6 Å². The molecule has 1 unspecified atom stereocenters. The highest BCUT2D eigenvalue weighted by molar-refractivity contribution is 9.10. The minimum Gasteiger partial charge on any atom is -0.444 e. The Kier molecular flexibility index (Phi) is 6.05. The van der Waals surface area contributed by atoms with Crippen LogP contribution in [-0.4, -0.2) is 58.9 Å². The van der Waals surface area contributed by atoms with E-state index in [9.17, 15) is 4.79 Å². The Morgan fingerprint density at radius 3 is 3.04 bits per heavy atom. The zero-order chi connectivity index (χ0) is 17.0. The molecule has 1 saturated heterocycles. The van der Waals surface area contributed by atoms with Crippen LogP contribution in [0.3, 0.4) is 0 Å². The number of nitrogens with one attached hydrogen (secondary N) is 1. The highest BCUT2D eigenvalue weighted by atomic mass is 79.9. The maximum Gasteiger partial charge on any atom is 0.410 e. The Labute approximate surface area is 148 Å². The lowest BCUT2D eigenvalue weighted by Gasteiger charge is -2.34. The highest BCUT2D eigenvalue weighted by Crippen LogP contribution is 2.20. The second-order valence-electron chi connectivity index (χ2n) is 6.14. The number of ether oxygens (including phenoxy) is 2. The lowest BCUT2D eigenvalue weighted by molar-refractivity contribution is -0.0371. The number of amides is 1. The van der Waals surface area contributed by atoms with Gasteiger partial charge in [0.1, 0.15) is 11.4 Å². The van der Waals surface area contributed by atoms with E-state index < -0.39 is 5.60 Å². The molecule has 0 bridgehead atoms. The monoisotopic (exact) mass is 406 g/mol. The Bertz CT molecular complexity index is 567. The summed E-state index contributed by atoms with van der Waals surface area (Å²) >= 11 is 9.13. The molecule has 0 aromatic carbocycles. The predicted octanol–water partition coefficient (Wildman–Crippen LogP) is 2.94. The van der Waals surface area contributed by atoms with Gasteiger partial charge in [0.25, 0.3) is 0 Å². The molecule has 7 nitrogen and oxygen atoms in total. The molecule has 9 heteroatoms.